The van der Waals surface area contributed by atoms with Gasteiger partial charge >= 0.3 is 25.0 Å². The maximum Gasteiger partial charge on any atom is 0.526 e. The molecule has 1 unspecified atom stereocenters. The lowest BCUT2D eigenvalue weighted by Gasteiger charge is -2.33. The molecular weight excluding hydrogens is 500 g/mol. The van der Waals surface area contributed by atoms with Crippen LogP contribution in [0.25, 0.3) is 0 Å². The number of nitrogens with zero attached hydrogens (tertiary/aromatic N) is 2. The van der Waals surface area contributed by atoms with Gasteiger partial charge in [-0.25, -0.2) is 9.18 Å². The number of ketones is 1. The predicted molar refractivity (Wildman–Crippen MR) is 132 cm³/mol. The van der Waals surface area contributed by atoms with E-state index in [1.54, 1.807) is 13.0 Å². The number of rotatable bonds is 6. The first kappa shape index (κ1) is 26.9. The zero-order chi connectivity index (χ0) is 27.7. The van der Waals surface area contributed by atoms with Gasteiger partial charge in [-0.3, -0.25) is 19.3 Å². The monoisotopic (exact) mass is 527 g/mol. The Balaban J connectivity index is 1.60. The number of hydrogen-bond donors (Lipinski definition) is 4. The van der Waals surface area contributed by atoms with Gasteiger partial charge in [0.15, 0.2) is 17.3 Å². The van der Waals surface area contributed by atoms with Crippen LogP contribution in [0.3, 0.4) is 0 Å². The molecule has 0 aliphatic carbocycles. The summed E-state index contributed by atoms with van der Waals surface area (Å²) in [6.07, 6.45) is -0.100. The smallest absolute Gasteiger partial charge is 0.526 e. The summed E-state index contributed by atoms with van der Waals surface area (Å²) in [4.78, 5) is 53.1. The molecule has 11 nitrogen and oxygen atoms in total. The van der Waals surface area contributed by atoms with Crippen molar-refractivity contribution in [2.45, 2.75) is 38.5 Å². The number of phenolic OH excluding ortho intramolecular Hbond substituents is 2. The van der Waals surface area contributed by atoms with Crippen LogP contribution in [0.2, 0.25) is 5.82 Å². The van der Waals surface area contributed by atoms with Gasteiger partial charge in [-0.05, 0) is 37.5 Å². The van der Waals surface area contributed by atoms with E-state index in [2.05, 4.69) is 5.32 Å². The van der Waals surface area contributed by atoms with Crippen LogP contribution in [0.15, 0.2) is 30.3 Å². The minimum atomic E-state index is -1.72. The fourth-order valence-corrected chi connectivity index (χ4v) is 4.68. The number of urea groups is 1. The van der Waals surface area contributed by atoms with Crippen molar-refractivity contribution in [3.8, 4) is 17.2 Å². The molecular formula is C25H27BFN3O8. The fraction of sp³-hybridized carbons (Fsp3) is 0.360. The molecule has 0 saturated carbocycles. The molecule has 2 aromatic carbocycles. The zero-order valence-electron chi connectivity index (χ0n) is 20.8. The molecule has 0 aromatic heterocycles. The minimum Gasteiger partial charge on any atom is -0.536 e. The van der Waals surface area contributed by atoms with Crippen LogP contribution in [-0.2, 0) is 20.8 Å². The molecule has 2 aliphatic heterocycles. The Morgan fingerprint density at radius 1 is 1.18 bits per heavy atom. The number of Topliss-reactive ketones (excluding diaryl/α,β-unsaturated/α-hetero) is 1. The maximum atomic E-state index is 14.9. The third-order valence-electron chi connectivity index (χ3n) is 6.81. The number of aromatic hydroxyl groups is 2. The molecule has 4 rings (SSSR count). The van der Waals surface area contributed by atoms with Crippen LogP contribution in [-0.4, -0.2) is 75.4 Å². The third-order valence-corrected chi connectivity index (χ3v) is 6.81. The van der Waals surface area contributed by atoms with Crippen LogP contribution < -0.4 is 9.97 Å². The number of piperazine rings is 1. The first-order chi connectivity index (χ1) is 18.0. The minimum absolute atomic E-state index is 0.0892. The van der Waals surface area contributed by atoms with Gasteiger partial charge in [0.05, 0.1) is 0 Å². The largest absolute Gasteiger partial charge is 0.536 e. The van der Waals surface area contributed by atoms with Crippen molar-refractivity contribution in [2.75, 3.05) is 19.6 Å². The number of halogens is 1. The van der Waals surface area contributed by atoms with Crippen molar-refractivity contribution in [3.63, 3.8) is 0 Å². The Kier molecular flexibility index (Phi) is 7.58. The van der Waals surface area contributed by atoms with Crippen molar-refractivity contribution >= 4 is 30.7 Å². The van der Waals surface area contributed by atoms with E-state index >= 15 is 0 Å². The van der Waals surface area contributed by atoms with E-state index in [-0.39, 0.29) is 32.5 Å². The highest BCUT2D eigenvalue weighted by Crippen LogP contribution is 2.38. The average molecular weight is 527 g/mol. The molecule has 38 heavy (non-hydrogen) atoms. The Morgan fingerprint density at radius 3 is 2.61 bits per heavy atom. The molecule has 0 spiro atoms. The molecule has 2 aliphatic rings. The molecule has 4 amide bonds. The van der Waals surface area contributed by atoms with E-state index in [4.69, 9.17) is 4.65 Å². The molecule has 1 saturated heterocycles. The second-order valence-electron chi connectivity index (χ2n) is 9.29. The molecule has 0 bridgehead atoms. The lowest BCUT2D eigenvalue weighted by molar-refractivity contribution is -0.153. The van der Waals surface area contributed by atoms with Gasteiger partial charge in [-0.15, -0.1) is 0 Å². The highest BCUT2D eigenvalue weighted by Gasteiger charge is 2.41. The number of hydrogen-bond acceptors (Lipinski definition) is 8. The Hall–Kier alpha value is -4.13. The predicted octanol–water partition coefficient (Wildman–Crippen LogP) is 1.43. The van der Waals surface area contributed by atoms with E-state index in [9.17, 15) is 38.8 Å². The highest BCUT2D eigenvalue weighted by molar-refractivity contribution is 6.46. The molecule has 13 heteroatoms. The second-order valence-corrected chi connectivity index (χ2v) is 9.29. The highest BCUT2D eigenvalue weighted by atomic mass is 19.1. The quantitative estimate of drug-likeness (QED) is 0.250. The number of carbonyl (C=O) groups is 4. The number of phenols is 2. The van der Waals surface area contributed by atoms with E-state index in [1.165, 1.54) is 4.90 Å². The molecule has 200 valence electrons. The van der Waals surface area contributed by atoms with Gasteiger partial charge < -0.3 is 30.1 Å². The number of amides is 4. The van der Waals surface area contributed by atoms with Crippen molar-refractivity contribution in [1.29, 1.82) is 0 Å². The number of likely N-dealkylation sites (N-methyl/N-ethyl adjacent to an activating group) is 1. The van der Waals surface area contributed by atoms with Crippen molar-refractivity contribution in [1.82, 2.24) is 15.1 Å². The topological polar surface area (TPSA) is 157 Å². The average Bonchev–Trinajstić information content (AvgIpc) is 2.87. The molecule has 2 heterocycles. The van der Waals surface area contributed by atoms with Crippen LogP contribution in [0.4, 0.5) is 9.18 Å². The van der Waals surface area contributed by atoms with Gasteiger partial charge in [-0.2, -0.15) is 0 Å². The summed E-state index contributed by atoms with van der Waals surface area (Å²) < 4.78 is 20.5. The standard InChI is InChI=1S/C25H27BFN3O8/c1-3-29-7-8-30(24(35)23(29)34)25(36)28-21(16-11-18(31)19(32)12-17(16)27)20(33)10-15-9-14-6-4-5-13(2)22(14)38-26(15)37/h4-6,11-12,15,21,31-32,37H,3,7-10H2,1-2H3,(H,28,36)/t15-,21?/m1/s1. The summed E-state index contributed by atoms with van der Waals surface area (Å²) in [5, 5.41) is 32.5. The van der Waals surface area contributed by atoms with E-state index < -0.39 is 65.5 Å². The van der Waals surface area contributed by atoms with Gasteiger partial charge in [0.2, 0.25) is 0 Å². The SMILES string of the molecule is CCN1CCN(C(=O)NC(C(=O)C[C@H]2Cc3cccc(C)c3OB2O)c2cc(O)c(O)cc2F)C(=O)C1=O. The van der Waals surface area contributed by atoms with Crippen LogP contribution in [0.1, 0.15) is 36.1 Å². The zero-order valence-corrected chi connectivity index (χ0v) is 20.8. The maximum absolute atomic E-state index is 14.9. The second kappa shape index (κ2) is 10.7. The fourth-order valence-electron chi connectivity index (χ4n) is 4.68. The van der Waals surface area contributed by atoms with Crippen molar-refractivity contribution in [2.24, 2.45) is 0 Å². The van der Waals surface area contributed by atoms with Crippen LogP contribution >= 0.6 is 0 Å². The number of fused-ring (bicyclic) bond motifs is 1. The summed E-state index contributed by atoms with van der Waals surface area (Å²) in [7, 11) is -1.36. The lowest BCUT2D eigenvalue weighted by Crippen LogP contribution is -2.58. The van der Waals surface area contributed by atoms with E-state index in [1.807, 2.05) is 19.1 Å². The van der Waals surface area contributed by atoms with Gasteiger partial charge in [0, 0.05) is 43.5 Å². The summed E-state index contributed by atoms with van der Waals surface area (Å²) in [5.74, 6) is -5.58. The van der Waals surface area contributed by atoms with Crippen molar-refractivity contribution < 1.29 is 43.5 Å². The normalized spacial score (nSPS) is 18.1. The Labute approximate surface area is 217 Å². The molecule has 2 atom stereocenters. The van der Waals surface area contributed by atoms with Gasteiger partial charge in [0.1, 0.15) is 17.6 Å². The summed E-state index contributed by atoms with van der Waals surface area (Å²) in [5.41, 5.74) is 1.10. The molecule has 2 aromatic rings. The first-order valence-corrected chi connectivity index (χ1v) is 12.1. The van der Waals surface area contributed by atoms with Crippen molar-refractivity contribution in [3.05, 3.63) is 52.8 Å². The van der Waals surface area contributed by atoms with E-state index in [0.717, 1.165) is 17.2 Å². The summed E-state index contributed by atoms with van der Waals surface area (Å²) >= 11 is 0. The summed E-state index contributed by atoms with van der Waals surface area (Å²) in [6.45, 7) is 3.72. The molecule has 4 N–H and O–H groups in total. The van der Waals surface area contributed by atoms with Crippen LogP contribution in [0.5, 0.6) is 17.2 Å². The number of aryl methyl sites for hydroxylation is 1. The van der Waals surface area contributed by atoms with Gasteiger partial charge in [0.25, 0.3) is 0 Å². The first-order valence-electron chi connectivity index (χ1n) is 12.1. The number of nitrogens with one attached hydrogen (secondary N) is 1. The molecule has 1 fully saturated rings. The lowest BCUT2D eigenvalue weighted by atomic mass is 9.64. The number of benzene rings is 2. The third kappa shape index (κ3) is 5.14. The number of para-hydroxylation sites is 1. The van der Waals surface area contributed by atoms with Crippen LogP contribution in [0, 0.1) is 12.7 Å². The van der Waals surface area contributed by atoms with Gasteiger partial charge in [-0.1, -0.05) is 18.2 Å². The number of carbonyl (C=O) groups excluding carboxylic acids is 4. The summed E-state index contributed by atoms with van der Waals surface area (Å²) in [6, 6.07) is 3.97. The molecule has 0 radical (unpaired) electrons. The number of imide groups is 1. The van der Waals surface area contributed by atoms with E-state index in [0.29, 0.717) is 16.7 Å². The Morgan fingerprint density at radius 2 is 1.89 bits per heavy atom. The Bertz CT molecular complexity index is 1310.